The van der Waals surface area contributed by atoms with Crippen molar-refractivity contribution in [1.29, 1.82) is 0 Å². The SMILES string of the molecule is Cc1nccc(-n2c3c(ccc2=O)CN(S(N)(=O)=O)CC3)n1. The minimum Gasteiger partial charge on any atom is -0.269 e. The van der Waals surface area contributed by atoms with E-state index in [9.17, 15) is 13.2 Å². The lowest BCUT2D eigenvalue weighted by atomic mass is 10.1. The van der Waals surface area contributed by atoms with Gasteiger partial charge in [0.25, 0.3) is 15.8 Å². The number of aryl methyl sites for hydroxylation is 1. The Kier molecular flexibility index (Phi) is 3.55. The largest absolute Gasteiger partial charge is 0.277 e. The molecule has 2 N–H and O–H groups in total. The van der Waals surface area contributed by atoms with Gasteiger partial charge in [0, 0.05) is 37.5 Å². The van der Waals surface area contributed by atoms with Crippen LogP contribution in [0.4, 0.5) is 0 Å². The molecule has 3 heterocycles. The summed E-state index contributed by atoms with van der Waals surface area (Å²) in [4.78, 5) is 20.5. The van der Waals surface area contributed by atoms with E-state index >= 15 is 0 Å². The van der Waals surface area contributed by atoms with Crippen molar-refractivity contribution in [2.45, 2.75) is 19.9 Å². The maximum absolute atomic E-state index is 12.2. The van der Waals surface area contributed by atoms with Gasteiger partial charge >= 0.3 is 0 Å². The third kappa shape index (κ3) is 2.65. The molecule has 0 amide bonds. The van der Waals surface area contributed by atoms with Crippen molar-refractivity contribution < 1.29 is 8.42 Å². The summed E-state index contributed by atoms with van der Waals surface area (Å²) >= 11 is 0. The fourth-order valence-corrected chi connectivity index (χ4v) is 3.24. The van der Waals surface area contributed by atoms with E-state index in [1.165, 1.54) is 14.9 Å². The molecule has 3 rings (SSSR count). The van der Waals surface area contributed by atoms with Crippen LogP contribution in [0.5, 0.6) is 0 Å². The molecule has 0 spiro atoms. The highest BCUT2D eigenvalue weighted by Gasteiger charge is 2.26. The van der Waals surface area contributed by atoms with Crippen molar-refractivity contribution in [3.8, 4) is 5.82 Å². The van der Waals surface area contributed by atoms with Gasteiger partial charge in [-0.05, 0) is 18.6 Å². The van der Waals surface area contributed by atoms with E-state index in [2.05, 4.69) is 9.97 Å². The first kappa shape index (κ1) is 14.8. The van der Waals surface area contributed by atoms with Crippen LogP contribution in [0.3, 0.4) is 0 Å². The fourth-order valence-electron chi connectivity index (χ4n) is 2.57. The van der Waals surface area contributed by atoms with E-state index in [4.69, 9.17) is 5.14 Å². The molecule has 2 aromatic heterocycles. The first-order valence-electron chi connectivity index (χ1n) is 6.68. The molecule has 22 heavy (non-hydrogen) atoms. The van der Waals surface area contributed by atoms with Gasteiger partial charge in [-0.3, -0.25) is 9.36 Å². The van der Waals surface area contributed by atoms with Crippen molar-refractivity contribution in [3.63, 3.8) is 0 Å². The zero-order valence-electron chi connectivity index (χ0n) is 11.9. The first-order chi connectivity index (χ1) is 10.4. The van der Waals surface area contributed by atoms with E-state index in [1.807, 2.05) is 0 Å². The minimum absolute atomic E-state index is 0.151. The van der Waals surface area contributed by atoms with Crippen LogP contribution in [0.1, 0.15) is 17.1 Å². The Labute approximate surface area is 127 Å². The highest BCUT2D eigenvalue weighted by molar-refractivity contribution is 7.86. The van der Waals surface area contributed by atoms with Gasteiger partial charge in [-0.25, -0.2) is 15.1 Å². The van der Waals surface area contributed by atoms with Gasteiger partial charge < -0.3 is 0 Å². The average Bonchev–Trinajstić information content (AvgIpc) is 2.45. The van der Waals surface area contributed by atoms with Crippen molar-refractivity contribution in [2.24, 2.45) is 5.14 Å². The molecular formula is C13H15N5O3S. The van der Waals surface area contributed by atoms with Gasteiger partial charge in [0.2, 0.25) is 0 Å². The standard InChI is InChI=1S/C13H15N5O3S/c1-9-15-6-4-12(16-9)18-11-5-7-17(22(14,20)21)8-10(11)2-3-13(18)19/h2-4,6H,5,7-8H2,1H3,(H2,14,20,21). The zero-order chi connectivity index (χ0) is 15.9. The predicted molar refractivity (Wildman–Crippen MR) is 79.6 cm³/mol. The van der Waals surface area contributed by atoms with Crippen LogP contribution in [-0.4, -0.2) is 33.8 Å². The van der Waals surface area contributed by atoms with Crippen LogP contribution in [0, 0.1) is 6.92 Å². The normalized spacial score (nSPS) is 15.5. The van der Waals surface area contributed by atoms with Gasteiger partial charge in [0.1, 0.15) is 11.6 Å². The topological polar surface area (TPSA) is 111 Å². The van der Waals surface area contributed by atoms with Crippen molar-refractivity contribution in [2.75, 3.05) is 6.54 Å². The monoisotopic (exact) mass is 321 g/mol. The summed E-state index contributed by atoms with van der Waals surface area (Å²) in [6, 6.07) is 4.70. The maximum Gasteiger partial charge on any atom is 0.277 e. The lowest BCUT2D eigenvalue weighted by Crippen LogP contribution is -2.42. The van der Waals surface area contributed by atoms with Gasteiger partial charge in [0.05, 0.1) is 0 Å². The lowest BCUT2D eigenvalue weighted by Gasteiger charge is -2.28. The van der Waals surface area contributed by atoms with Gasteiger partial charge in [-0.1, -0.05) is 6.07 Å². The number of fused-ring (bicyclic) bond motifs is 1. The highest BCUT2D eigenvalue weighted by Crippen LogP contribution is 2.20. The molecule has 0 atom stereocenters. The Morgan fingerprint density at radius 1 is 1.27 bits per heavy atom. The van der Waals surface area contributed by atoms with Crippen molar-refractivity contribution in [1.82, 2.24) is 18.8 Å². The molecule has 1 aliphatic heterocycles. The summed E-state index contributed by atoms with van der Waals surface area (Å²) in [6.07, 6.45) is 1.98. The first-order valence-corrected chi connectivity index (χ1v) is 8.18. The number of rotatable bonds is 2. The summed E-state index contributed by atoms with van der Waals surface area (Å²) in [5.74, 6) is 1.04. The van der Waals surface area contributed by atoms with E-state index in [1.54, 1.807) is 25.3 Å². The Hall–Kier alpha value is -2.10. The predicted octanol–water partition coefficient (Wildman–Crippen LogP) is -0.502. The van der Waals surface area contributed by atoms with E-state index in [0.29, 0.717) is 18.1 Å². The van der Waals surface area contributed by atoms with Crippen LogP contribution in [0.2, 0.25) is 0 Å². The number of aromatic nitrogens is 3. The molecule has 0 radical (unpaired) electrons. The third-order valence-electron chi connectivity index (χ3n) is 3.58. The molecular weight excluding hydrogens is 306 g/mol. The molecule has 0 unspecified atom stereocenters. The number of nitrogens with zero attached hydrogens (tertiary/aromatic N) is 4. The third-order valence-corrected chi connectivity index (χ3v) is 4.61. The Balaban J connectivity index is 2.13. The molecule has 0 saturated carbocycles. The summed E-state index contributed by atoms with van der Waals surface area (Å²) in [5, 5.41) is 5.18. The van der Waals surface area contributed by atoms with Crippen LogP contribution in [0.25, 0.3) is 5.82 Å². The summed E-state index contributed by atoms with van der Waals surface area (Å²) in [7, 11) is -3.74. The number of nitrogens with two attached hydrogens (primary N) is 1. The van der Waals surface area contributed by atoms with Crippen molar-refractivity contribution >= 4 is 10.2 Å². The zero-order valence-corrected chi connectivity index (χ0v) is 12.7. The molecule has 8 nitrogen and oxygen atoms in total. The van der Waals surface area contributed by atoms with Gasteiger partial charge in [-0.2, -0.15) is 12.7 Å². The summed E-state index contributed by atoms with van der Waals surface area (Å²) in [6.45, 7) is 2.13. The summed E-state index contributed by atoms with van der Waals surface area (Å²) < 4.78 is 25.6. The lowest BCUT2D eigenvalue weighted by molar-refractivity contribution is 0.385. The van der Waals surface area contributed by atoms with E-state index < -0.39 is 10.2 Å². The van der Waals surface area contributed by atoms with Crippen LogP contribution < -0.4 is 10.7 Å². The second-order valence-corrected chi connectivity index (χ2v) is 6.62. The van der Waals surface area contributed by atoms with E-state index in [-0.39, 0.29) is 18.6 Å². The second-order valence-electron chi connectivity index (χ2n) is 5.07. The summed E-state index contributed by atoms with van der Waals surface area (Å²) in [5.41, 5.74) is 1.29. The average molecular weight is 321 g/mol. The van der Waals surface area contributed by atoms with E-state index in [0.717, 1.165) is 11.3 Å². The molecule has 0 aromatic carbocycles. The molecule has 116 valence electrons. The second kappa shape index (κ2) is 5.27. The van der Waals surface area contributed by atoms with Gasteiger partial charge in [0.15, 0.2) is 0 Å². The highest BCUT2D eigenvalue weighted by atomic mass is 32.2. The molecule has 0 fully saturated rings. The fraction of sp³-hybridized carbons (Fsp3) is 0.308. The van der Waals surface area contributed by atoms with Crippen LogP contribution >= 0.6 is 0 Å². The maximum atomic E-state index is 12.2. The molecule has 0 bridgehead atoms. The van der Waals surface area contributed by atoms with Crippen LogP contribution in [-0.2, 0) is 23.2 Å². The van der Waals surface area contributed by atoms with Crippen LogP contribution in [0.15, 0.2) is 29.2 Å². The molecule has 9 heteroatoms. The Bertz CT molecular complexity index is 891. The Morgan fingerprint density at radius 3 is 2.73 bits per heavy atom. The number of hydrogen-bond acceptors (Lipinski definition) is 5. The quantitative estimate of drug-likeness (QED) is 0.801. The molecule has 0 saturated heterocycles. The molecule has 0 aliphatic carbocycles. The molecule has 1 aliphatic rings. The number of pyridine rings is 1. The minimum atomic E-state index is -3.74. The molecule has 2 aromatic rings. The Morgan fingerprint density at radius 2 is 2.05 bits per heavy atom. The van der Waals surface area contributed by atoms with Crippen molar-refractivity contribution in [3.05, 3.63) is 51.8 Å². The number of hydrogen-bond donors (Lipinski definition) is 1. The smallest absolute Gasteiger partial charge is 0.269 e. The van der Waals surface area contributed by atoms with Gasteiger partial charge in [-0.15, -0.1) is 0 Å².